The van der Waals surface area contributed by atoms with E-state index < -0.39 is 0 Å². The third-order valence-electron chi connectivity index (χ3n) is 2.70. The van der Waals surface area contributed by atoms with E-state index in [2.05, 4.69) is 26.1 Å². The molecule has 0 aliphatic carbocycles. The van der Waals surface area contributed by atoms with Crippen molar-refractivity contribution < 1.29 is 9.94 Å². The molecule has 20 heavy (non-hydrogen) atoms. The number of nitrogens with two attached hydrogens (primary N) is 1. The van der Waals surface area contributed by atoms with Gasteiger partial charge in [-0.2, -0.15) is 0 Å². The molecule has 2 rings (SSSR count). The number of hydrogen-bond acceptors (Lipinski definition) is 4. The minimum absolute atomic E-state index is 0.0164. The van der Waals surface area contributed by atoms with E-state index in [0.717, 1.165) is 16.5 Å². The summed E-state index contributed by atoms with van der Waals surface area (Å²) in [7, 11) is 0. The zero-order valence-corrected chi connectivity index (χ0v) is 12.2. The first kappa shape index (κ1) is 14.3. The highest BCUT2D eigenvalue weighted by molar-refractivity contribution is 9.10. The highest BCUT2D eigenvalue weighted by atomic mass is 79.9. The number of oxime groups is 1. The van der Waals surface area contributed by atoms with Crippen molar-refractivity contribution >= 4 is 21.8 Å². The number of aromatic nitrogens is 1. The molecular weight excluding hydrogens is 322 g/mol. The average Bonchev–Trinajstić information content (AvgIpc) is 2.49. The van der Waals surface area contributed by atoms with Crippen molar-refractivity contribution in [1.29, 1.82) is 0 Å². The lowest BCUT2D eigenvalue weighted by atomic mass is 10.2. The SMILES string of the molecule is N/C(=N/O)c1cc(Br)ccc1OCCc1cccnc1. The van der Waals surface area contributed by atoms with E-state index in [1.807, 2.05) is 18.2 Å². The van der Waals surface area contributed by atoms with Gasteiger partial charge in [-0.05, 0) is 29.8 Å². The Bertz CT molecular complexity index is 603. The first-order chi connectivity index (χ1) is 9.70. The fraction of sp³-hybridized carbons (Fsp3) is 0.143. The predicted octanol–water partition coefficient (Wildman–Crippen LogP) is 2.56. The van der Waals surface area contributed by atoms with Crippen molar-refractivity contribution in [2.75, 3.05) is 6.61 Å². The van der Waals surface area contributed by atoms with Crippen LogP contribution in [0.2, 0.25) is 0 Å². The van der Waals surface area contributed by atoms with Crippen LogP contribution in [0.3, 0.4) is 0 Å². The number of pyridine rings is 1. The lowest BCUT2D eigenvalue weighted by Crippen LogP contribution is -2.15. The maximum absolute atomic E-state index is 8.79. The summed E-state index contributed by atoms with van der Waals surface area (Å²) < 4.78 is 6.53. The monoisotopic (exact) mass is 335 g/mol. The van der Waals surface area contributed by atoms with Gasteiger partial charge in [0.15, 0.2) is 5.84 Å². The molecule has 6 heteroatoms. The van der Waals surface area contributed by atoms with Gasteiger partial charge in [0, 0.05) is 23.3 Å². The second-order valence-electron chi connectivity index (χ2n) is 4.09. The number of rotatable bonds is 5. The van der Waals surface area contributed by atoms with E-state index in [-0.39, 0.29) is 5.84 Å². The summed E-state index contributed by atoms with van der Waals surface area (Å²) in [5.41, 5.74) is 7.28. The van der Waals surface area contributed by atoms with Crippen LogP contribution in [-0.4, -0.2) is 22.6 Å². The summed E-state index contributed by atoms with van der Waals surface area (Å²) >= 11 is 3.34. The fourth-order valence-electron chi connectivity index (χ4n) is 1.71. The van der Waals surface area contributed by atoms with Crippen LogP contribution in [0, 0.1) is 0 Å². The van der Waals surface area contributed by atoms with E-state index in [1.54, 1.807) is 24.5 Å². The van der Waals surface area contributed by atoms with Gasteiger partial charge in [0.1, 0.15) is 5.75 Å². The molecule has 5 nitrogen and oxygen atoms in total. The van der Waals surface area contributed by atoms with E-state index in [1.165, 1.54) is 0 Å². The Hall–Kier alpha value is -2.08. The Balaban J connectivity index is 2.06. The maximum atomic E-state index is 8.79. The number of benzene rings is 1. The quantitative estimate of drug-likeness (QED) is 0.381. The highest BCUT2D eigenvalue weighted by Crippen LogP contribution is 2.23. The van der Waals surface area contributed by atoms with Crippen LogP contribution in [-0.2, 0) is 6.42 Å². The van der Waals surface area contributed by atoms with Crippen molar-refractivity contribution in [2.24, 2.45) is 10.9 Å². The van der Waals surface area contributed by atoms with E-state index >= 15 is 0 Å². The van der Waals surface area contributed by atoms with Crippen molar-refractivity contribution in [3.63, 3.8) is 0 Å². The first-order valence-electron chi connectivity index (χ1n) is 6.00. The number of halogens is 1. The van der Waals surface area contributed by atoms with Gasteiger partial charge in [0.05, 0.1) is 12.2 Å². The molecule has 0 atom stereocenters. The fourth-order valence-corrected chi connectivity index (χ4v) is 2.07. The Labute approximate surface area is 125 Å². The van der Waals surface area contributed by atoms with Crippen molar-refractivity contribution in [3.8, 4) is 5.75 Å². The molecular formula is C14H14BrN3O2. The Morgan fingerprint density at radius 1 is 1.40 bits per heavy atom. The number of hydrogen-bond donors (Lipinski definition) is 2. The molecule has 2 aromatic rings. The summed E-state index contributed by atoms with van der Waals surface area (Å²) in [5.74, 6) is 0.593. The smallest absolute Gasteiger partial charge is 0.173 e. The number of ether oxygens (including phenoxy) is 1. The van der Waals surface area contributed by atoms with Gasteiger partial charge in [-0.15, -0.1) is 0 Å². The van der Waals surface area contributed by atoms with Crippen LogP contribution in [0.4, 0.5) is 0 Å². The summed E-state index contributed by atoms with van der Waals surface area (Å²) in [6, 6.07) is 9.24. The van der Waals surface area contributed by atoms with Crippen LogP contribution < -0.4 is 10.5 Å². The largest absolute Gasteiger partial charge is 0.492 e. The van der Waals surface area contributed by atoms with Crippen molar-refractivity contribution in [3.05, 3.63) is 58.3 Å². The molecule has 1 aromatic heterocycles. The van der Waals surface area contributed by atoms with Crippen LogP contribution >= 0.6 is 15.9 Å². The predicted molar refractivity (Wildman–Crippen MR) is 80.1 cm³/mol. The van der Waals surface area contributed by atoms with Gasteiger partial charge in [0.2, 0.25) is 0 Å². The second kappa shape index (κ2) is 6.91. The summed E-state index contributed by atoms with van der Waals surface area (Å²) in [6.07, 6.45) is 4.27. The van der Waals surface area contributed by atoms with Crippen LogP contribution in [0.5, 0.6) is 5.75 Å². The molecule has 0 bridgehead atoms. The topological polar surface area (TPSA) is 80.7 Å². The Morgan fingerprint density at radius 2 is 2.25 bits per heavy atom. The van der Waals surface area contributed by atoms with Crippen molar-refractivity contribution in [2.45, 2.75) is 6.42 Å². The molecule has 0 aliphatic heterocycles. The van der Waals surface area contributed by atoms with Gasteiger partial charge in [-0.1, -0.05) is 27.2 Å². The first-order valence-corrected chi connectivity index (χ1v) is 6.79. The molecule has 0 amide bonds. The normalized spacial score (nSPS) is 11.3. The maximum Gasteiger partial charge on any atom is 0.173 e. The standard InChI is InChI=1S/C14H14BrN3O2/c15-11-3-4-13(12(8-11)14(16)18-19)20-7-5-10-2-1-6-17-9-10/h1-4,6,8-9,19H,5,7H2,(H2,16,18). The summed E-state index contributed by atoms with van der Waals surface area (Å²) in [4.78, 5) is 4.05. The molecule has 0 saturated carbocycles. The Kier molecular flexibility index (Phi) is 4.95. The molecule has 1 aromatic carbocycles. The van der Waals surface area contributed by atoms with Crippen LogP contribution in [0.25, 0.3) is 0 Å². The van der Waals surface area contributed by atoms with E-state index in [4.69, 9.17) is 15.7 Å². The molecule has 104 valence electrons. The highest BCUT2D eigenvalue weighted by Gasteiger charge is 2.09. The average molecular weight is 336 g/mol. The third kappa shape index (κ3) is 3.71. The number of nitrogens with zero attached hydrogens (tertiary/aromatic N) is 2. The molecule has 0 fully saturated rings. The summed E-state index contributed by atoms with van der Waals surface area (Å²) in [6.45, 7) is 0.485. The molecule has 0 saturated heterocycles. The zero-order valence-electron chi connectivity index (χ0n) is 10.7. The summed E-state index contributed by atoms with van der Waals surface area (Å²) in [5, 5.41) is 11.8. The van der Waals surface area contributed by atoms with Gasteiger partial charge in [-0.3, -0.25) is 4.98 Å². The molecule has 1 heterocycles. The molecule has 0 spiro atoms. The third-order valence-corrected chi connectivity index (χ3v) is 3.19. The molecule has 3 N–H and O–H groups in total. The lowest BCUT2D eigenvalue weighted by Gasteiger charge is -2.11. The van der Waals surface area contributed by atoms with Gasteiger partial charge >= 0.3 is 0 Å². The molecule has 0 radical (unpaired) electrons. The minimum Gasteiger partial charge on any atom is -0.492 e. The minimum atomic E-state index is 0.0164. The Morgan fingerprint density at radius 3 is 2.95 bits per heavy atom. The van der Waals surface area contributed by atoms with Gasteiger partial charge in [0.25, 0.3) is 0 Å². The van der Waals surface area contributed by atoms with Gasteiger partial charge < -0.3 is 15.7 Å². The van der Waals surface area contributed by atoms with Crippen LogP contribution in [0.1, 0.15) is 11.1 Å². The van der Waals surface area contributed by atoms with Gasteiger partial charge in [-0.25, -0.2) is 0 Å². The van der Waals surface area contributed by atoms with E-state index in [9.17, 15) is 0 Å². The number of amidine groups is 1. The zero-order chi connectivity index (χ0) is 14.4. The van der Waals surface area contributed by atoms with Crippen molar-refractivity contribution in [1.82, 2.24) is 4.98 Å². The lowest BCUT2D eigenvalue weighted by molar-refractivity contribution is 0.313. The molecule has 0 aliphatic rings. The molecule has 0 unspecified atom stereocenters. The van der Waals surface area contributed by atoms with Crippen LogP contribution in [0.15, 0.2) is 52.4 Å². The van der Waals surface area contributed by atoms with E-state index in [0.29, 0.717) is 17.9 Å². The second-order valence-corrected chi connectivity index (χ2v) is 5.00.